The van der Waals surface area contributed by atoms with Gasteiger partial charge < -0.3 is 14.9 Å². The number of nitrogens with zero attached hydrogens (tertiary/aromatic N) is 1. The summed E-state index contributed by atoms with van der Waals surface area (Å²) in [6.45, 7) is 5.45. The molecule has 1 fully saturated rings. The van der Waals surface area contributed by atoms with Crippen LogP contribution in [0.5, 0.6) is 0 Å². The first kappa shape index (κ1) is 22.7. The van der Waals surface area contributed by atoms with Gasteiger partial charge in [0.1, 0.15) is 11.6 Å². The predicted molar refractivity (Wildman–Crippen MR) is 118 cm³/mol. The smallest absolute Gasteiger partial charge is 0.295 e. The number of carbonyl (C=O) groups excluding carboxylic acids is 2. The summed E-state index contributed by atoms with van der Waals surface area (Å²) in [5, 5.41) is 11.0. The Labute approximate surface area is 182 Å². The quantitative estimate of drug-likeness (QED) is 0.407. The third-order valence-electron chi connectivity index (χ3n) is 5.65. The van der Waals surface area contributed by atoms with Crippen LogP contribution in [-0.2, 0) is 9.59 Å². The van der Waals surface area contributed by atoms with Gasteiger partial charge in [-0.3, -0.25) is 9.59 Å². The van der Waals surface area contributed by atoms with E-state index in [9.17, 15) is 19.1 Å². The number of aliphatic hydroxyl groups excluding tert-OH is 1. The standard InChI is InChI=1S/C25H29FN2O3/c1-16(2)17-6-8-18(9-7-17)22-21(23(29)19-10-12-20(26)13-11-19)24(30)25(31)28(22)15-5-14-27(3)4/h6-13,16,22,29H,5,14-15H2,1-4H3/p+1/t22-/m0/s1. The summed E-state index contributed by atoms with van der Waals surface area (Å²) in [6, 6.07) is 12.4. The van der Waals surface area contributed by atoms with Gasteiger partial charge in [-0.1, -0.05) is 38.1 Å². The molecule has 0 spiro atoms. The fraction of sp³-hybridized carbons (Fsp3) is 0.360. The zero-order chi connectivity index (χ0) is 22.7. The van der Waals surface area contributed by atoms with Gasteiger partial charge in [-0.15, -0.1) is 0 Å². The molecule has 0 radical (unpaired) electrons. The molecule has 5 nitrogen and oxygen atoms in total. The summed E-state index contributed by atoms with van der Waals surface area (Å²) in [6.07, 6.45) is 0.729. The van der Waals surface area contributed by atoms with E-state index >= 15 is 0 Å². The van der Waals surface area contributed by atoms with Gasteiger partial charge in [-0.25, -0.2) is 4.39 Å². The SMILES string of the molecule is CC(C)c1ccc([C@H]2C(=C(O)c3ccc(F)cc3)C(=O)C(=O)N2CCC[NH+](C)C)cc1. The number of nitrogens with one attached hydrogen (secondary N) is 1. The second-order valence-corrected chi connectivity index (χ2v) is 8.63. The number of likely N-dealkylation sites (tertiary alicyclic amines) is 1. The highest BCUT2D eigenvalue weighted by Gasteiger charge is 2.45. The van der Waals surface area contributed by atoms with Crippen molar-refractivity contribution in [2.75, 3.05) is 27.2 Å². The molecule has 1 aliphatic heterocycles. The minimum Gasteiger partial charge on any atom is -0.507 e. The Kier molecular flexibility index (Phi) is 6.91. The minimum atomic E-state index is -0.711. The van der Waals surface area contributed by atoms with E-state index in [0.29, 0.717) is 18.0 Å². The van der Waals surface area contributed by atoms with E-state index in [1.54, 1.807) is 4.90 Å². The molecule has 2 aromatic rings. The Morgan fingerprint density at radius 3 is 2.23 bits per heavy atom. The van der Waals surface area contributed by atoms with Gasteiger partial charge in [0.2, 0.25) is 0 Å². The summed E-state index contributed by atoms with van der Waals surface area (Å²) in [7, 11) is 4.07. The molecule has 6 heteroatoms. The van der Waals surface area contributed by atoms with Crippen molar-refractivity contribution in [2.24, 2.45) is 0 Å². The largest absolute Gasteiger partial charge is 0.507 e. The number of hydrogen-bond donors (Lipinski definition) is 2. The minimum absolute atomic E-state index is 0.0473. The average Bonchev–Trinajstić information content (AvgIpc) is 2.98. The summed E-state index contributed by atoms with van der Waals surface area (Å²) >= 11 is 0. The predicted octanol–water partition coefficient (Wildman–Crippen LogP) is 2.91. The van der Waals surface area contributed by atoms with Gasteiger partial charge in [0.05, 0.1) is 32.3 Å². The lowest BCUT2D eigenvalue weighted by atomic mass is 9.93. The zero-order valence-corrected chi connectivity index (χ0v) is 18.5. The molecule has 1 amide bonds. The van der Waals surface area contributed by atoms with E-state index in [1.807, 2.05) is 38.4 Å². The average molecular weight is 426 g/mol. The molecule has 1 aliphatic rings. The third-order valence-corrected chi connectivity index (χ3v) is 5.65. The van der Waals surface area contributed by atoms with Crippen molar-refractivity contribution in [3.05, 3.63) is 76.6 Å². The molecule has 0 bridgehead atoms. The van der Waals surface area contributed by atoms with Gasteiger partial charge in [-0.05, 0) is 41.3 Å². The van der Waals surface area contributed by atoms with Gasteiger partial charge in [0.15, 0.2) is 0 Å². The van der Waals surface area contributed by atoms with Crippen LogP contribution in [0.1, 0.15) is 48.9 Å². The Morgan fingerprint density at radius 2 is 1.68 bits per heavy atom. The van der Waals surface area contributed by atoms with Crippen LogP contribution < -0.4 is 4.90 Å². The highest BCUT2D eigenvalue weighted by Crippen LogP contribution is 2.39. The molecular formula is C25H30FN2O3+. The number of Topliss-reactive ketones (excluding diaryl/α,β-unsaturated/α-hetero) is 1. The molecule has 0 aromatic heterocycles. The fourth-order valence-corrected chi connectivity index (χ4v) is 3.89. The third kappa shape index (κ3) is 4.85. The highest BCUT2D eigenvalue weighted by atomic mass is 19.1. The number of amides is 1. The van der Waals surface area contributed by atoms with Crippen molar-refractivity contribution < 1.29 is 24.0 Å². The zero-order valence-electron chi connectivity index (χ0n) is 18.5. The first-order valence-electron chi connectivity index (χ1n) is 10.6. The molecule has 31 heavy (non-hydrogen) atoms. The fourth-order valence-electron chi connectivity index (χ4n) is 3.89. The molecular weight excluding hydrogens is 395 g/mol. The van der Waals surface area contributed by atoms with Crippen molar-refractivity contribution in [1.82, 2.24) is 4.90 Å². The molecule has 0 aliphatic carbocycles. The molecule has 2 aromatic carbocycles. The van der Waals surface area contributed by atoms with Crippen molar-refractivity contribution in [1.29, 1.82) is 0 Å². The normalized spacial score (nSPS) is 18.4. The number of benzene rings is 2. The topological polar surface area (TPSA) is 62.0 Å². The molecule has 0 saturated carbocycles. The first-order chi connectivity index (χ1) is 14.7. The molecule has 2 N–H and O–H groups in total. The maximum Gasteiger partial charge on any atom is 0.295 e. The molecule has 3 rings (SSSR count). The van der Waals surface area contributed by atoms with Crippen molar-refractivity contribution in [2.45, 2.75) is 32.2 Å². The van der Waals surface area contributed by atoms with Crippen LogP contribution >= 0.6 is 0 Å². The van der Waals surface area contributed by atoms with Crippen molar-refractivity contribution in [3.63, 3.8) is 0 Å². The van der Waals surface area contributed by atoms with Gasteiger partial charge in [-0.2, -0.15) is 0 Å². The second-order valence-electron chi connectivity index (χ2n) is 8.63. The summed E-state index contributed by atoms with van der Waals surface area (Å²) in [5.74, 6) is -1.70. The molecule has 1 heterocycles. The van der Waals surface area contributed by atoms with Crippen LogP contribution in [-0.4, -0.2) is 48.9 Å². The van der Waals surface area contributed by atoms with E-state index in [1.165, 1.54) is 29.2 Å². The molecule has 164 valence electrons. The van der Waals surface area contributed by atoms with Gasteiger partial charge in [0, 0.05) is 18.5 Å². The van der Waals surface area contributed by atoms with E-state index in [-0.39, 0.29) is 11.3 Å². The van der Waals surface area contributed by atoms with Crippen LogP contribution in [0.4, 0.5) is 4.39 Å². The first-order valence-corrected chi connectivity index (χ1v) is 10.6. The van der Waals surface area contributed by atoms with E-state index in [2.05, 4.69) is 13.8 Å². The Morgan fingerprint density at radius 1 is 1.06 bits per heavy atom. The summed E-state index contributed by atoms with van der Waals surface area (Å²) < 4.78 is 13.3. The number of hydrogen-bond acceptors (Lipinski definition) is 3. The number of aliphatic hydroxyl groups is 1. The van der Waals surface area contributed by atoms with Crippen LogP contribution in [0.3, 0.4) is 0 Å². The van der Waals surface area contributed by atoms with E-state index in [4.69, 9.17) is 0 Å². The maximum atomic E-state index is 13.3. The van der Waals surface area contributed by atoms with E-state index in [0.717, 1.165) is 24.1 Å². The van der Waals surface area contributed by atoms with Crippen LogP contribution in [0.15, 0.2) is 54.1 Å². The van der Waals surface area contributed by atoms with Gasteiger partial charge in [0.25, 0.3) is 11.7 Å². The van der Waals surface area contributed by atoms with Gasteiger partial charge >= 0.3 is 0 Å². The lowest BCUT2D eigenvalue weighted by molar-refractivity contribution is -0.858. The Balaban J connectivity index is 2.08. The summed E-state index contributed by atoms with van der Waals surface area (Å²) in [4.78, 5) is 28.7. The maximum absolute atomic E-state index is 13.3. The van der Waals surface area contributed by atoms with E-state index < -0.39 is 23.5 Å². The molecule has 0 unspecified atom stereocenters. The Hall–Kier alpha value is -2.99. The number of carbonyl (C=O) groups is 2. The van der Waals surface area contributed by atoms with Crippen LogP contribution in [0.2, 0.25) is 0 Å². The van der Waals surface area contributed by atoms with Crippen molar-refractivity contribution >= 4 is 17.4 Å². The lowest BCUT2D eigenvalue weighted by Crippen LogP contribution is -3.05. The second kappa shape index (κ2) is 9.43. The van der Waals surface area contributed by atoms with Crippen LogP contribution in [0.25, 0.3) is 5.76 Å². The Bertz CT molecular complexity index is 979. The highest BCUT2D eigenvalue weighted by molar-refractivity contribution is 6.46. The molecule has 1 atom stereocenters. The van der Waals surface area contributed by atoms with Crippen molar-refractivity contribution in [3.8, 4) is 0 Å². The summed E-state index contributed by atoms with van der Waals surface area (Å²) in [5.41, 5.74) is 2.27. The number of quaternary nitrogens is 1. The monoisotopic (exact) mass is 425 g/mol. The number of rotatable bonds is 7. The number of halogens is 1. The molecule has 1 saturated heterocycles. The lowest BCUT2D eigenvalue weighted by Gasteiger charge is -2.26. The number of ketones is 1. The van der Waals surface area contributed by atoms with Crippen LogP contribution in [0, 0.1) is 5.82 Å².